The quantitative estimate of drug-likeness (QED) is 0.668. The molecule has 1 aliphatic carbocycles. The van der Waals surface area contributed by atoms with Gasteiger partial charge in [0, 0.05) is 12.1 Å². The minimum atomic E-state index is -0.400. The van der Waals surface area contributed by atoms with E-state index in [1.54, 1.807) is 12.1 Å². The maximum atomic E-state index is 10.6. The third kappa shape index (κ3) is 3.32. The van der Waals surface area contributed by atoms with Gasteiger partial charge in [0.1, 0.15) is 0 Å². The van der Waals surface area contributed by atoms with Crippen LogP contribution in [0.3, 0.4) is 0 Å². The minimum Gasteiger partial charge on any atom is -0.392 e. The molecule has 4 heteroatoms. The summed E-state index contributed by atoms with van der Waals surface area (Å²) in [6.45, 7) is 2.15. The van der Waals surface area contributed by atoms with Gasteiger partial charge in [-0.3, -0.25) is 10.1 Å². The summed E-state index contributed by atoms with van der Waals surface area (Å²) in [5, 5.41) is 21.0. The summed E-state index contributed by atoms with van der Waals surface area (Å²) in [4.78, 5) is 10.2. The summed E-state index contributed by atoms with van der Waals surface area (Å²) in [6.07, 6.45) is 5.99. The Bertz CT molecular complexity index is 435. The Morgan fingerprint density at radius 1 is 1.26 bits per heavy atom. The molecule has 1 aromatic carbocycles. The second-order valence-electron chi connectivity index (χ2n) is 5.86. The zero-order chi connectivity index (χ0) is 13.9. The van der Waals surface area contributed by atoms with Crippen LogP contribution >= 0.6 is 0 Å². The maximum Gasteiger partial charge on any atom is 0.269 e. The molecule has 1 atom stereocenters. The van der Waals surface area contributed by atoms with Gasteiger partial charge in [-0.2, -0.15) is 0 Å². The number of aliphatic hydroxyl groups excluding tert-OH is 1. The molecule has 0 aromatic heterocycles. The molecule has 0 amide bonds. The Morgan fingerprint density at radius 2 is 1.84 bits per heavy atom. The molecule has 0 spiro atoms. The van der Waals surface area contributed by atoms with Gasteiger partial charge in [0.2, 0.25) is 0 Å². The van der Waals surface area contributed by atoms with Crippen molar-refractivity contribution in [2.45, 2.75) is 51.6 Å². The lowest BCUT2D eigenvalue weighted by Crippen LogP contribution is -2.35. The summed E-state index contributed by atoms with van der Waals surface area (Å²) >= 11 is 0. The number of rotatable bonds is 4. The molecule has 19 heavy (non-hydrogen) atoms. The Kier molecular flexibility index (Phi) is 4.20. The zero-order valence-electron chi connectivity index (χ0n) is 11.3. The average Bonchev–Trinajstić information content (AvgIpc) is 2.40. The molecule has 1 fully saturated rings. The first-order chi connectivity index (χ1) is 9.01. The summed E-state index contributed by atoms with van der Waals surface area (Å²) in [5.74, 6) is 0. The van der Waals surface area contributed by atoms with Gasteiger partial charge in [0.25, 0.3) is 5.69 Å². The smallest absolute Gasteiger partial charge is 0.269 e. The zero-order valence-corrected chi connectivity index (χ0v) is 11.3. The number of non-ortho nitro benzene ring substituents is 1. The molecule has 1 aromatic rings. The molecule has 0 heterocycles. The highest BCUT2D eigenvalue weighted by Gasteiger charge is 2.34. The Balaban J connectivity index is 2.01. The highest BCUT2D eigenvalue weighted by Crippen LogP contribution is 2.39. The topological polar surface area (TPSA) is 63.4 Å². The van der Waals surface area contributed by atoms with Crippen molar-refractivity contribution in [3.8, 4) is 0 Å². The molecule has 1 unspecified atom stereocenters. The first-order valence-electron chi connectivity index (χ1n) is 6.93. The Hall–Kier alpha value is -1.42. The van der Waals surface area contributed by atoms with Crippen molar-refractivity contribution in [1.82, 2.24) is 0 Å². The van der Waals surface area contributed by atoms with E-state index in [4.69, 9.17) is 0 Å². The third-order valence-electron chi connectivity index (χ3n) is 4.38. The fourth-order valence-corrected chi connectivity index (χ4v) is 2.92. The van der Waals surface area contributed by atoms with Crippen LogP contribution in [0.25, 0.3) is 0 Å². The number of nitro groups is 1. The van der Waals surface area contributed by atoms with Crippen LogP contribution in [0, 0.1) is 15.5 Å². The van der Waals surface area contributed by atoms with E-state index in [9.17, 15) is 15.2 Å². The standard InChI is InChI=1S/C15H21NO3/c1-15(9-3-2-4-10-15)14(17)11-12-5-7-13(8-6-12)16(18)19/h5-8,14,17H,2-4,9-11H2,1H3. The molecule has 0 saturated heterocycles. The molecule has 0 aliphatic heterocycles. The number of aliphatic hydroxyl groups is 1. The highest BCUT2D eigenvalue weighted by molar-refractivity contribution is 5.33. The van der Waals surface area contributed by atoms with Crippen LogP contribution in [-0.4, -0.2) is 16.1 Å². The number of hydrogen-bond acceptors (Lipinski definition) is 3. The van der Waals surface area contributed by atoms with Crippen LogP contribution in [0.1, 0.15) is 44.6 Å². The molecule has 2 rings (SSSR count). The minimum absolute atomic E-state index is 0.0000248. The second-order valence-corrected chi connectivity index (χ2v) is 5.86. The van der Waals surface area contributed by atoms with Crippen LogP contribution in [-0.2, 0) is 6.42 Å². The molecule has 1 N–H and O–H groups in total. The third-order valence-corrected chi connectivity index (χ3v) is 4.38. The fraction of sp³-hybridized carbons (Fsp3) is 0.600. The molecule has 4 nitrogen and oxygen atoms in total. The SMILES string of the molecule is CC1(C(O)Cc2ccc([N+](=O)[O-])cc2)CCCCC1. The first-order valence-corrected chi connectivity index (χ1v) is 6.93. The van der Waals surface area contributed by atoms with Gasteiger partial charge < -0.3 is 5.11 Å². The van der Waals surface area contributed by atoms with E-state index in [0.29, 0.717) is 6.42 Å². The lowest BCUT2D eigenvalue weighted by atomic mass is 9.70. The largest absolute Gasteiger partial charge is 0.392 e. The van der Waals surface area contributed by atoms with E-state index in [1.165, 1.54) is 31.4 Å². The summed E-state index contributed by atoms with van der Waals surface area (Å²) in [7, 11) is 0. The molecule has 0 radical (unpaired) electrons. The second kappa shape index (κ2) is 5.70. The molecule has 104 valence electrons. The van der Waals surface area contributed by atoms with Gasteiger partial charge in [-0.05, 0) is 30.2 Å². The van der Waals surface area contributed by atoms with Crippen LogP contribution in [0.4, 0.5) is 5.69 Å². The summed E-state index contributed by atoms with van der Waals surface area (Å²) < 4.78 is 0. The summed E-state index contributed by atoms with van der Waals surface area (Å²) in [5.41, 5.74) is 1.06. The van der Waals surface area contributed by atoms with Crippen molar-refractivity contribution in [2.24, 2.45) is 5.41 Å². The van der Waals surface area contributed by atoms with Crippen molar-refractivity contribution in [1.29, 1.82) is 0 Å². The predicted octanol–water partition coefficient (Wildman–Crippen LogP) is 3.47. The number of nitro benzene ring substituents is 1. The molecular weight excluding hydrogens is 242 g/mol. The lowest BCUT2D eigenvalue weighted by molar-refractivity contribution is -0.384. The van der Waals surface area contributed by atoms with Crippen molar-refractivity contribution in [3.05, 3.63) is 39.9 Å². The van der Waals surface area contributed by atoms with Crippen molar-refractivity contribution in [3.63, 3.8) is 0 Å². The maximum absolute atomic E-state index is 10.6. The van der Waals surface area contributed by atoms with Crippen LogP contribution < -0.4 is 0 Å². The van der Waals surface area contributed by atoms with E-state index in [1.807, 2.05) is 0 Å². The van der Waals surface area contributed by atoms with Crippen molar-refractivity contribution in [2.75, 3.05) is 0 Å². The Morgan fingerprint density at radius 3 is 2.37 bits per heavy atom. The molecule has 1 aliphatic rings. The van der Waals surface area contributed by atoms with Crippen molar-refractivity contribution >= 4 is 5.69 Å². The van der Waals surface area contributed by atoms with Gasteiger partial charge in [-0.15, -0.1) is 0 Å². The van der Waals surface area contributed by atoms with Crippen LogP contribution in [0.15, 0.2) is 24.3 Å². The Labute approximate surface area is 113 Å². The highest BCUT2D eigenvalue weighted by atomic mass is 16.6. The molecule has 1 saturated carbocycles. The van der Waals surface area contributed by atoms with E-state index >= 15 is 0 Å². The van der Waals surface area contributed by atoms with Crippen LogP contribution in [0.2, 0.25) is 0 Å². The average molecular weight is 263 g/mol. The fourth-order valence-electron chi connectivity index (χ4n) is 2.92. The van der Waals surface area contributed by atoms with Gasteiger partial charge in [0.05, 0.1) is 11.0 Å². The van der Waals surface area contributed by atoms with Crippen molar-refractivity contribution < 1.29 is 10.0 Å². The van der Waals surface area contributed by atoms with Gasteiger partial charge in [0.15, 0.2) is 0 Å². The summed E-state index contributed by atoms with van der Waals surface area (Å²) in [6, 6.07) is 6.50. The van der Waals surface area contributed by atoms with E-state index in [-0.39, 0.29) is 17.2 Å². The van der Waals surface area contributed by atoms with E-state index in [0.717, 1.165) is 18.4 Å². The lowest BCUT2D eigenvalue weighted by Gasteiger charge is -2.38. The van der Waals surface area contributed by atoms with Gasteiger partial charge in [-0.1, -0.05) is 38.3 Å². The first kappa shape index (κ1) is 14.0. The monoisotopic (exact) mass is 263 g/mol. The van der Waals surface area contributed by atoms with Gasteiger partial charge >= 0.3 is 0 Å². The normalized spacial score (nSPS) is 19.9. The van der Waals surface area contributed by atoms with E-state index in [2.05, 4.69) is 6.92 Å². The molecular formula is C15H21NO3. The predicted molar refractivity (Wildman–Crippen MR) is 74.0 cm³/mol. The number of nitrogens with zero attached hydrogens (tertiary/aromatic N) is 1. The van der Waals surface area contributed by atoms with E-state index < -0.39 is 4.92 Å². The van der Waals surface area contributed by atoms with Crippen LogP contribution in [0.5, 0.6) is 0 Å². The molecule has 0 bridgehead atoms. The number of hydrogen-bond donors (Lipinski definition) is 1. The van der Waals surface area contributed by atoms with Gasteiger partial charge in [-0.25, -0.2) is 0 Å². The number of benzene rings is 1.